The molecule has 0 saturated carbocycles. The van der Waals surface area contributed by atoms with E-state index in [9.17, 15) is 0 Å². The van der Waals surface area contributed by atoms with Gasteiger partial charge in [-0.15, -0.1) is 0 Å². The molecule has 0 atom stereocenters. The van der Waals surface area contributed by atoms with E-state index in [1.54, 1.807) is 12.1 Å². The average molecular weight is 493 g/mol. The lowest BCUT2D eigenvalue weighted by molar-refractivity contribution is -0.659. The number of halogens is 1. The Bertz CT molecular complexity index is 1740. The van der Waals surface area contributed by atoms with Crippen LogP contribution >= 0.6 is 0 Å². The number of fused-ring (bicyclic) bond motifs is 5. The highest BCUT2D eigenvalue weighted by Crippen LogP contribution is 2.53. The SMILES string of the molecule is Cc1c2c(c(CC(C)(C)C)c3ccc(CC(C)C)cc13)Oc1cc3cccc(F)c3c3cc[n+](C)c-2c13. The third kappa shape index (κ3) is 3.79. The Morgan fingerprint density at radius 2 is 1.73 bits per heavy atom. The number of aromatic nitrogens is 1. The molecule has 0 aliphatic carbocycles. The molecule has 3 heteroatoms. The van der Waals surface area contributed by atoms with E-state index < -0.39 is 0 Å². The van der Waals surface area contributed by atoms with Gasteiger partial charge in [-0.1, -0.05) is 65.0 Å². The topological polar surface area (TPSA) is 13.1 Å². The fourth-order valence-electron chi connectivity index (χ4n) is 6.20. The maximum absolute atomic E-state index is 15.1. The van der Waals surface area contributed by atoms with E-state index >= 15 is 4.39 Å². The van der Waals surface area contributed by atoms with Crippen molar-refractivity contribution in [2.45, 2.75) is 54.4 Å². The van der Waals surface area contributed by atoms with Gasteiger partial charge in [-0.25, -0.2) is 8.96 Å². The van der Waals surface area contributed by atoms with Crippen LogP contribution in [0.25, 0.3) is 43.6 Å². The Morgan fingerprint density at radius 1 is 0.946 bits per heavy atom. The predicted octanol–water partition coefficient (Wildman–Crippen LogP) is 8.98. The van der Waals surface area contributed by atoms with Gasteiger partial charge in [-0.3, -0.25) is 0 Å². The Hall–Kier alpha value is -3.46. The Kier molecular flexibility index (Phi) is 5.35. The van der Waals surface area contributed by atoms with E-state index in [4.69, 9.17) is 4.74 Å². The first kappa shape index (κ1) is 23.9. The third-order valence-electron chi connectivity index (χ3n) is 7.66. The zero-order chi connectivity index (χ0) is 26.2. The molecule has 0 N–H and O–H groups in total. The molecule has 37 heavy (non-hydrogen) atoms. The molecule has 0 bridgehead atoms. The van der Waals surface area contributed by atoms with E-state index in [1.807, 2.05) is 18.2 Å². The van der Waals surface area contributed by atoms with Gasteiger partial charge < -0.3 is 4.74 Å². The fraction of sp³-hybridized carbons (Fsp3) is 0.324. The molecule has 0 spiro atoms. The van der Waals surface area contributed by atoms with Crippen molar-refractivity contribution in [2.24, 2.45) is 18.4 Å². The van der Waals surface area contributed by atoms with Crippen molar-refractivity contribution >= 4 is 32.3 Å². The summed E-state index contributed by atoms with van der Waals surface area (Å²) in [5.41, 5.74) is 6.14. The molecule has 0 unspecified atom stereocenters. The highest BCUT2D eigenvalue weighted by Gasteiger charge is 2.34. The zero-order valence-corrected chi connectivity index (χ0v) is 22.9. The molecule has 4 aromatic carbocycles. The molecular weight excluding hydrogens is 457 g/mol. The molecule has 0 saturated heterocycles. The van der Waals surface area contributed by atoms with E-state index in [2.05, 4.69) is 77.6 Å². The van der Waals surface area contributed by atoms with Gasteiger partial charge in [0, 0.05) is 22.4 Å². The summed E-state index contributed by atoms with van der Waals surface area (Å²) in [5.74, 6) is 2.14. The molecule has 0 radical (unpaired) electrons. The number of benzene rings is 4. The second kappa shape index (κ2) is 8.28. The fourth-order valence-corrected chi connectivity index (χ4v) is 6.20. The lowest BCUT2D eigenvalue weighted by atomic mass is 9.81. The lowest BCUT2D eigenvalue weighted by Gasteiger charge is -2.28. The van der Waals surface area contributed by atoms with Gasteiger partial charge in [0.15, 0.2) is 6.20 Å². The number of hydrogen-bond donors (Lipinski definition) is 0. The summed E-state index contributed by atoms with van der Waals surface area (Å²) in [4.78, 5) is 0. The second-order valence-electron chi connectivity index (χ2n) is 12.4. The van der Waals surface area contributed by atoms with E-state index in [-0.39, 0.29) is 11.2 Å². The van der Waals surface area contributed by atoms with Crippen LogP contribution < -0.4 is 9.30 Å². The maximum Gasteiger partial charge on any atom is 0.228 e. The van der Waals surface area contributed by atoms with Gasteiger partial charge in [0.1, 0.15) is 24.4 Å². The Balaban J connectivity index is 1.78. The molecule has 0 amide bonds. The van der Waals surface area contributed by atoms with Crippen LogP contribution in [0.3, 0.4) is 0 Å². The monoisotopic (exact) mass is 492 g/mol. The standard InChI is InChI=1S/C34H35FNO/c1-19(2)15-21-11-12-23-25(16-21)20(3)29-32-31-24(13-14-36(32)7)30-22(9-8-10-27(30)35)17-28(31)37-33(29)26(23)18-34(4,5)6/h8-14,16-17,19H,15,18H2,1-7H3/q+1. The highest BCUT2D eigenvalue weighted by atomic mass is 19.1. The average Bonchev–Trinajstić information content (AvgIpc) is 2.82. The van der Waals surface area contributed by atoms with Crippen LogP contribution in [0.15, 0.2) is 54.7 Å². The van der Waals surface area contributed by atoms with E-state index in [1.165, 1.54) is 27.5 Å². The molecule has 1 aliphatic heterocycles. The summed E-state index contributed by atoms with van der Waals surface area (Å²) in [6.45, 7) is 13.6. The smallest absolute Gasteiger partial charge is 0.228 e. The first-order chi connectivity index (χ1) is 17.5. The molecule has 1 aliphatic rings. The summed E-state index contributed by atoms with van der Waals surface area (Å²) in [6, 6.07) is 16.3. The Labute approximate surface area is 218 Å². The summed E-state index contributed by atoms with van der Waals surface area (Å²) < 4.78 is 24.2. The third-order valence-corrected chi connectivity index (χ3v) is 7.66. The molecule has 5 aromatic rings. The zero-order valence-electron chi connectivity index (χ0n) is 22.9. The van der Waals surface area contributed by atoms with Crippen molar-refractivity contribution in [1.29, 1.82) is 0 Å². The number of ether oxygens (including phenoxy) is 1. The minimum absolute atomic E-state index is 0.0803. The molecule has 0 fully saturated rings. The van der Waals surface area contributed by atoms with Crippen LogP contribution in [0.5, 0.6) is 11.5 Å². The number of rotatable bonds is 3. The Morgan fingerprint density at radius 3 is 2.46 bits per heavy atom. The summed E-state index contributed by atoms with van der Waals surface area (Å²) in [5, 5.41) is 5.95. The van der Waals surface area contributed by atoms with Crippen molar-refractivity contribution in [1.82, 2.24) is 0 Å². The number of hydrogen-bond acceptors (Lipinski definition) is 1. The minimum atomic E-state index is -0.198. The molecule has 2 heterocycles. The summed E-state index contributed by atoms with van der Waals surface area (Å²) >= 11 is 0. The second-order valence-corrected chi connectivity index (χ2v) is 12.4. The number of aryl methyl sites for hydroxylation is 2. The van der Waals surface area contributed by atoms with Gasteiger partial charge in [0.25, 0.3) is 0 Å². The van der Waals surface area contributed by atoms with Gasteiger partial charge in [0.2, 0.25) is 5.69 Å². The van der Waals surface area contributed by atoms with Crippen LogP contribution in [0.1, 0.15) is 51.3 Å². The maximum atomic E-state index is 15.1. The molecule has 1 aromatic heterocycles. The van der Waals surface area contributed by atoms with E-state index in [0.717, 1.165) is 51.8 Å². The first-order valence-corrected chi connectivity index (χ1v) is 13.3. The summed E-state index contributed by atoms with van der Waals surface area (Å²) in [7, 11) is 2.08. The normalized spacial score (nSPS) is 13.0. The van der Waals surface area contributed by atoms with Gasteiger partial charge in [-0.05, 0) is 70.5 Å². The first-order valence-electron chi connectivity index (χ1n) is 13.3. The van der Waals surface area contributed by atoms with Crippen molar-refractivity contribution in [2.75, 3.05) is 0 Å². The largest absolute Gasteiger partial charge is 0.455 e. The number of nitrogens with zero attached hydrogens (tertiary/aromatic N) is 1. The van der Waals surface area contributed by atoms with Gasteiger partial charge in [-0.2, -0.15) is 0 Å². The molecule has 188 valence electrons. The molecular formula is C34H35FNO+. The minimum Gasteiger partial charge on any atom is -0.455 e. The van der Waals surface area contributed by atoms with Crippen LogP contribution in [-0.4, -0.2) is 0 Å². The quantitative estimate of drug-likeness (QED) is 0.177. The number of pyridine rings is 1. The molecule has 2 nitrogen and oxygen atoms in total. The van der Waals surface area contributed by atoms with Crippen LogP contribution in [0.4, 0.5) is 4.39 Å². The van der Waals surface area contributed by atoms with Crippen LogP contribution in [-0.2, 0) is 19.9 Å². The summed E-state index contributed by atoms with van der Waals surface area (Å²) in [6.07, 6.45) is 4.01. The van der Waals surface area contributed by atoms with Crippen LogP contribution in [0, 0.1) is 24.1 Å². The predicted molar refractivity (Wildman–Crippen MR) is 152 cm³/mol. The van der Waals surface area contributed by atoms with Crippen LogP contribution in [0.2, 0.25) is 0 Å². The van der Waals surface area contributed by atoms with Gasteiger partial charge in [0.05, 0.1) is 10.9 Å². The van der Waals surface area contributed by atoms with Gasteiger partial charge >= 0.3 is 0 Å². The van der Waals surface area contributed by atoms with Crippen molar-refractivity contribution in [3.63, 3.8) is 0 Å². The van der Waals surface area contributed by atoms with Crippen molar-refractivity contribution < 1.29 is 13.7 Å². The lowest BCUT2D eigenvalue weighted by Crippen LogP contribution is -2.32. The van der Waals surface area contributed by atoms with E-state index in [0.29, 0.717) is 11.3 Å². The van der Waals surface area contributed by atoms with Crippen molar-refractivity contribution in [3.8, 4) is 22.8 Å². The van der Waals surface area contributed by atoms with Crippen molar-refractivity contribution in [3.05, 3.63) is 77.2 Å². The highest BCUT2D eigenvalue weighted by molar-refractivity contribution is 6.16. The molecule has 6 rings (SSSR count).